The molecular formula is C17H18ClFNO-. The van der Waals surface area contributed by atoms with Crippen LogP contribution in [0, 0.1) is 5.82 Å². The van der Waals surface area contributed by atoms with Crippen molar-refractivity contribution in [2.75, 3.05) is 6.61 Å². The van der Waals surface area contributed by atoms with Crippen LogP contribution in [0.4, 0.5) is 4.39 Å². The molecule has 0 bridgehead atoms. The van der Waals surface area contributed by atoms with Gasteiger partial charge in [0, 0.05) is 18.7 Å². The summed E-state index contributed by atoms with van der Waals surface area (Å²) in [5.74, 6) is 0.649. The van der Waals surface area contributed by atoms with Crippen molar-refractivity contribution in [3.8, 4) is 5.75 Å². The Hall–Kier alpha value is -1.84. The molecule has 0 aromatic heterocycles. The van der Waals surface area contributed by atoms with Crippen molar-refractivity contribution in [2.24, 2.45) is 0 Å². The van der Waals surface area contributed by atoms with Crippen molar-refractivity contribution in [1.29, 1.82) is 0 Å². The normalized spacial score (nSPS) is 9.76. The molecule has 0 aliphatic rings. The van der Waals surface area contributed by atoms with Crippen LogP contribution in [-0.4, -0.2) is 6.61 Å². The maximum Gasteiger partial charge on any atom is 0.124 e. The van der Waals surface area contributed by atoms with E-state index in [1.807, 2.05) is 24.3 Å². The zero-order chi connectivity index (χ0) is 14.2. The molecule has 0 spiro atoms. The maximum absolute atomic E-state index is 12.8. The molecule has 0 heterocycles. The SMILES string of the molecule is C=CCOc1ccccc1CNCc1ccc(F)cc1.[Cl-]. The number of ether oxygens (including phenoxy) is 1. The smallest absolute Gasteiger partial charge is 0.124 e. The molecule has 0 radical (unpaired) electrons. The molecule has 112 valence electrons. The van der Waals surface area contributed by atoms with Crippen molar-refractivity contribution >= 4 is 0 Å². The Bertz CT molecular complexity index is 557. The third-order valence-electron chi connectivity index (χ3n) is 2.89. The molecule has 2 nitrogen and oxygen atoms in total. The van der Waals surface area contributed by atoms with E-state index < -0.39 is 0 Å². The molecule has 0 amide bonds. The van der Waals surface area contributed by atoms with Crippen LogP contribution in [0.1, 0.15) is 11.1 Å². The molecule has 2 aromatic carbocycles. The van der Waals surface area contributed by atoms with Crippen LogP contribution >= 0.6 is 0 Å². The molecule has 2 rings (SSSR count). The molecular weight excluding hydrogens is 289 g/mol. The third-order valence-corrected chi connectivity index (χ3v) is 2.89. The van der Waals surface area contributed by atoms with Crippen LogP contribution in [0.3, 0.4) is 0 Å². The van der Waals surface area contributed by atoms with Crippen LogP contribution in [0.15, 0.2) is 61.2 Å². The lowest BCUT2D eigenvalue weighted by atomic mass is 10.2. The van der Waals surface area contributed by atoms with Gasteiger partial charge in [0.05, 0.1) is 0 Å². The average Bonchev–Trinajstić information content (AvgIpc) is 2.48. The predicted molar refractivity (Wildman–Crippen MR) is 79.1 cm³/mol. The quantitative estimate of drug-likeness (QED) is 0.760. The van der Waals surface area contributed by atoms with Gasteiger partial charge in [-0.05, 0) is 23.8 Å². The van der Waals surface area contributed by atoms with Gasteiger partial charge in [0.2, 0.25) is 0 Å². The van der Waals surface area contributed by atoms with Crippen molar-refractivity contribution in [3.05, 3.63) is 78.1 Å². The lowest BCUT2D eigenvalue weighted by molar-refractivity contribution is -0.00000506. The largest absolute Gasteiger partial charge is 1.00 e. The van der Waals surface area contributed by atoms with E-state index in [1.54, 1.807) is 18.2 Å². The van der Waals surface area contributed by atoms with E-state index in [2.05, 4.69) is 11.9 Å². The second-order valence-electron chi connectivity index (χ2n) is 4.44. The molecule has 0 unspecified atom stereocenters. The Morgan fingerprint density at radius 1 is 1.05 bits per heavy atom. The number of rotatable bonds is 7. The molecule has 21 heavy (non-hydrogen) atoms. The van der Waals surface area contributed by atoms with Gasteiger partial charge in [-0.3, -0.25) is 0 Å². The molecule has 0 aliphatic heterocycles. The molecule has 0 aliphatic carbocycles. The second-order valence-corrected chi connectivity index (χ2v) is 4.44. The van der Waals surface area contributed by atoms with Crippen LogP contribution in [0.5, 0.6) is 5.75 Å². The van der Waals surface area contributed by atoms with E-state index in [0.29, 0.717) is 19.7 Å². The van der Waals surface area contributed by atoms with Crippen molar-refractivity contribution in [2.45, 2.75) is 13.1 Å². The van der Waals surface area contributed by atoms with E-state index in [-0.39, 0.29) is 18.2 Å². The van der Waals surface area contributed by atoms with E-state index in [9.17, 15) is 4.39 Å². The highest BCUT2D eigenvalue weighted by Gasteiger charge is 2.02. The highest BCUT2D eigenvalue weighted by atomic mass is 35.5. The van der Waals surface area contributed by atoms with Gasteiger partial charge in [0.25, 0.3) is 0 Å². The lowest BCUT2D eigenvalue weighted by Gasteiger charge is -2.11. The fourth-order valence-corrected chi connectivity index (χ4v) is 1.88. The van der Waals surface area contributed by atoms with Crippen LogP contribution in [-0.2, 0) is 13.1 Å². The summed E-state index contributed by atoms with van der Waals surface area (Å²) in [5, 5.41) is 3.33. The zero-order valence-corrected chi connectivity index (χ0v) is 12.4. The molecule has 2 aromatic rings. The molecule has 0 atom stereocenters. The minimum atomic E-state index is -0.211. The Balaban J connectivity index is 0.00000220. The number of benzene rings is 2. The highest BCUT2D eigenvalue weighted by molar-refractivity contribution is 5.33. The Labute approximate surface area is 131 Å². The molecule has 0 fully saturated rings. The van der Waals surface area contributed by atoms with Gasteiger partial charge in [-0.15, -0.1) is 0 Å². The molecule has 0 saturated carbocycles. The topological polar surface area (TPSA) is 21.3 Å². The third kappa shape index (κ3) is 5.58. The maximum atomic E-state index is 12.8. The monoisotopic (exact) mass is 306 g/mol. The summed E-state index contributed by atoms with van der Waals surface area (Å²) < 4.78 is 18.4. The first kappa shape index (κ1) is 17.2. The Kier molecular flexibility index (Phi) is 7.51. The second kappa shape index (κ2) is 9.16. The van der Waals surface area contributed by atoms with Crippen LogP contribution in [0.25, 0.3) is 0 Å². The molecule has 4 heteroatoms. The molecule has 0 saturated heterocycles. The number of nitrogens with one attached hydrogen (secondary N) is 1. The lowest BCUT2D eigenvalue weighted by Crippen LogP contribution is -3.00. The highest BCUT2D eigenvalue weighted by Crippen LogP contribution is 2.17. The van der Waals surface area contributed by atoms with Gasteiger partial charge in [0.15, 0.2) is 0 Å². The van der Waals surface area contributed by atoms with E-state index >= 15 is 0 Å². The van der Waals surface area contributed by atoms with E-state index in [1.165, 1.54) is 12.1 Å². The van der Waals surface area contributed by atoms with Crippen LogP contribution in [0.2, 0.25) is 0 Å². The average molecular weight is 307 g/mol. The summed E-state index contributed by atoms with van der Waals surface area (Å²) in [4.78, 5) is 0. The number of hydrogen-bond donors (Lipinski definition) is 1. The summed E-state index contributed by atoms with van der Waals surface area (Å²) >= 11 is 0. The molecule has 1 N–H and O–H groups in total. The summed E-state index contributed by atoms with van der Waals surface area (Å²) in [7, 11) is 0. The standard InChI is InChI=1S/C17H18FNO.ClH/c1-2-11-20-17-6-4-3-5-15(17)13-19-12-14-7-9-16(18)10-8-14;/h2-10,19H,1,11-13H2;1H/p-1. The summed E-state index contributed by atoms with van der Waals surface area (Å²) in [5.41, 5.74) is 2.15. The van der Waals surface area contributed by atoms with Crippen molar-refractivity contribution in [1.82, 2.24) is 5.32 Å². The number of halogens is 2. The summed E-state index contributed by atoms with van der Waals surface area (Å²) in [6.45, 7) is 5.53. The number of hydrogen-bond acceptors (Lipinski definition) is 2. The van der Waals surface area contributed by atoms with Gasteiger partial charge in [-0.2, -0.15) is 0 Å². The minimum absolute atomic E-state index is 0. The van der Waals surface area contributed by atoms with Crippen molar-refractivity contribution in [3.63, 3.8) is 0 Å². The summed E-state index contributed by atoms with van der Waals surface area (Å²) in [6, 6.07) is 14.4. The van der Waals surface area contributed by atoms with Gasteiger partial charge in [-0.25, -0.2) is 4.39 Å². The van der Waals surface area contributed by atoms with Gasteiger partial charge in [-0.1, -0.05) is 43.0 Å². The van der Waals surface area contributed by atoms with E-state index in [4.69, 9.17) is 4.74 Å². The van der Waals surface area contributed by atoms with Crippen LogP contribution < -0.4 is 22.5 Å². The minimum Gasteiger partial charge on any atom is -1.00 e. The fraction of sp³-hybridized carbons (Fsp3) is 0.176. The first-order chi connectivity index (χ1) is 9.79. The zero-order valence-electron chi connectivity index (χ0n) is 11.7. The first-order valence-corrected chi connectivity index (χ1v) is 6.56. The van der Waals surface area contributed by atoms with E-state index in [0.717, 1.165) is 16.9 Å². The predicted octanol–water partition coefficient (Wildman–Crippen LogP) is 0.684. The summed E-state index contributed by atoms with van der Waals surface area (Å²) in [6.07, 6.45) is 1.72. The Morgan fingerprint density at radius 3 is 2.48 bits per heavy atom. The van der Waals surface area contributed by atoms with Gasteiger partial charge in [0.1, 0.15) is 18.2 Å². The first-order valence-electron chi connectivity index (χ1n) is 6.56. The van der Waals surface area contributed by atoms with Gasteiger partial charge >= 0.3 is 0 Å². The fourth-order valence-electron chi connectivity index (χ4n) is 1.88. The van der Waals surface area contributed by atoms with Crippen molar-refractivity contribution < 1.29 is 21.5 Å². The van der Waals surface area contributed by atoms with Gasteiger partial charge < -0.3 is 22.5 Å². The Morgan fingerprint density at radius 2 is 1.76 bits per heavy atom. The number of para-hydroxylation sites is 1.